The number of nitrogens with one attached hydrogen (secondary N) is 1. The van der Waals surface area contributed by atoms with Gasteiger partial charge in [-0.1, -0.05) is 23.7 Å². The number of amides is 1. The third-order valence-electron chi connectivity index (χ3n) is 6.95. The zero-order chi connectivity index (χ0) is 23.6. The van der Waals surface area contributed by atoms with Crippen LogP contribution in [0.4, 0.5) is 15.0 Å². The number of hydrogen-bond donors (Lipinski definition) is 2. The monoisotopic (exact) mass is 474 g/mol. The van der Waals surface area contributed by atoms with Gasteiger partial charge in [0.15, 0.2) is 5.78 Å². The highest BCUT2D eigenvalue weighted by Gasteiger charge is 2.56. The van der Waals surface area contributed by atoms with E-state index in [1.54, 1.807) is 31.3 Å². The molecule has 1 aromatic heterocycles. The van der Waals surface area contributed by atoms with Crippen molar-refractivity contribution in [3.8, 4) is 0 Å². The largest absolute Gasteiger partial charge is 0.465 e. The van der Waals surface area contributed by atoms with Crippen molar-refractivity contribution in [2.24, 2.45) is 5.92 Å². The number of halogens is 2. The molecule has 2 N–H and O–H groups in total. The number of piperidine rings is 1. The Morgan fingerprint density at radius 3 is 2.52 bits per heavy atom. The molecule has 2 atom stereocenters. The van der Waals surface area contributed by atoms with Crippen LogP contribution in [0.3, 0.4) is 0 Å². The number of anilines is 1. The van der Waals surface area contributed by atoms with Crippen LogP contribution in [-0.4, -0.2) is 65.1 Å². The zero-order valence-electron chi connectivity index (χ0n) is 18.5. The van der Waals surface area contributed by atoms with Crippen LogP contribution in [0, 0.1) is 11.7 Å². The molecule has 9 heteroatoms. The highest BCUT2D eigenvalue weighted by atomic mass is 35.5. The lowest BCUT2D eigenvalue weighted by Gasteiger charge is -2.45. The van der Waals surface area contributed by atoms with Crippen molar-refractivity contribution in [2.75, 3.05) is 37.6 Å². The van der Waals surface area contributed by atoms with Gasteiger partial charge in [-0.15, -0.1) is 0 Å². The molecule has 0 aliphatic carbocycles. The van der Waals surface area contributed by atoms with E-state index in [4.69, 9.17) is 11.6 Å². The average molecular weight is 475 g/mol. The molecule has 4 rings (SSSR count). The molecular weight excluding hydrogens is 447 g/mol. The van der Waals surface area contributed by atoms with Crippen LogP contribution in [0.2, 0.25) is 5.02 Å². The van der Waals surface area contributed by atoms with Gasteiger partial charge in [-0.25, -0.2) is 14.2 Å². The van der Waals surface area contributed by atoms with Gasteiger partial charge in [-0.3, -0.25) is 9.69 Å². The summed E-state index contributed by atoms with van der Waals surface area (Å²) in [7, 11) is 0. The third-order valence-corrected chi connectivity index (χ3v) is 7.17. The minimum Gasteiger partial charge on any atom is -0.465 e. The zero-order valence-corrected chi connectivity index (χ0v) is 19.3. The Morgan fingerprint density at radius 1 is 1.24 bits per heavy atom. The third kappa shape index (κ3) is 4.42. The second-order valence-corrected chi connectivity index (χ2v) is 9.08. The summed E-state index contributed by atoms with van der Waals surface area (Å²) in [6.45, 7) is 3.93. The second-order valence-electron chi connectivity index (χ2n) is 8.65. The predicted molar refractivity (Wildman–Crippen MR) is 124 cm³/mol. The molecule has 7 nitrogen and oxygen atoms in total. The lowest BCUT2D eigenvalue weighted by Crippen LogP contribution is -2.63. The van der Waals surface area contributed by atoms with Gasteiger partial charge in [0, 0.05) is 50.8 Å². The van der Waals surface area contributed by atoms with E-state index in [9.17, 15) is 19.1 Å². The Bertz CT molecular complexity index is 996. The van der Waals surface area contributed by atoms with E-state index in [1.165, 1.54) is 17.0 Å². The van der Waals surface area contributed by atoms with Crippen molar-refractivity contribution in [1.82, 2.24) is 15.2 Å². The van der Waals surface area contributed by atoms with Crippen LogP contribution in [-0.2, 0) is 4.79 Å². The fraction of sp³-hybridized carbons (Fsp3) is 0.458. The van der Waals surface area contributed by atoms with Gasteiger partial charge >= 0.3 is 6.09 Å². The number of likely N-dealkylation sites (N-methyl/N-ethyl adjacent to an activating group) is 1. The minimum atomic E-state index is -1.23. The van der Waals surface area contributed by atoms with Gasteiger partial charge in [0.2, 0.25) is 0 Å². The summed E-state index contributed by atoms with van der Waals surface area (Å²) in [6.07, 6.45) is 1.70. The van der Waals surface area contributed by atoms with E-state index in [2.05, 4.69) is 15.2 Å². The molecule has 0 unspecified atom stereocenters. The molecule has 0 radical (unpaired) electrons. The Kier molecular flexibility index (Phi) is 6.86. The molecular formula is C24H28ClFN4O3. The van der Waals surface area contributed by atoms with Gasteiger partial charge in [0.05, 0.1) is 5.02 Å². The van der Waals surface area contributed by atoms with E-state index in [0.717, 1.165) is 11.4 Å². The summed E-state index contributed by atoms with van der Waals surface area (Å²) >= 11 is 5.94. The number of nitrogens with zero attached hydrogens (tertiary/aromatic N) is 3. The SMILES string of the molecule is CCN(C(=O)O)[C@]1(C(=O)C2CCN(c3ccc(Cl)cn3)CC2)CNC[C@H]1c1ccc(F)cc1. The van der Waals surface area contributed by atoms with E-state index in [0.29, 0.717) is 37.5 Å². The van der Waals surface area contributed by atoms with Crippen LogP contribution in [0.15, 0.2) is 42.6 Å². The molecule has 2 fully saturated rings. The van der Waals surface area contributed by atoms with E-state index >= 15 is 0 Å². The fourth-order valence-electron chi connectivity index (χ4n) is 5.33. The summed E-state index contributed by atoms with van der Waals surface area (Å²) in [6, 6.07) is 9.68. The number of aromatic nitrogens is 1. The van der Waals surface area contributed by atoms with Crippen LogP contribution >= 0.6 is 11.6 Å². The van der Waals surface area contributed by atoms with Gasteiger partial charge in [0.1, 0.15) is 17.2 Å². The molecule has 0 spiro atoms. The van der Waals surface area contributed by atoms with Crippen molar-refractivity contribution in [1.29, 1.82) is 0 Å². The van der Waals surface area contributed by atoms with Crippen molar-refractivity contribution < 1.29 is 19.1 Å². The molecule has 176 valence electrons. The minimum absolute atomic E-state index is 0.0604. The molecule has 2 aliphatic rings. The molecule has 3 heterocycles. The Hall–Kier alpha value is -2.71. The number of benzene rings is 1. The predicted octanol–water partition coefficient (Wildman–Crippen LogP) is 3.79. The first-order valence-corrected chi connectivity index (χ1v) is 11.6. The highest BCUT2D eigenvalue weighted by molar-refractivity contribution is 6.30. The van der Waals surface area contributed by atoms with Crippen molar-refractivity contribution in [2.45, 2.75) is 31.2 Å². The molecule has 1 amide bonds. The van der Waals surface area contributed by atoms with Crippen LogP contribution in [0.1, 0.15) is 31.2 Å². The number of carboxylic acid groups (broad SMARTS) is 1. The van der Waals surface area contributed by atoms with Gasteiger partial charge < -0.3 is 15.3 Å². The summed E-state index contributed by atoms with van der Waals surface area (Å²) < 4.78 is 13.6. The van der Waals surface area contributed by atoms with Crippen molar-refractivity contribution >= 4 is 29.3 Å². The number of pyridine rings is 1. The number of ketones is 1. The molecule has 0 saturated carbocycles. The van der Waals surface area contributed by atoms with Gasteiger partial charge in [-0.05, 0) is 49.6 Å². The maximum atomic E-state index is 14.1. The maximum absolute atomic E-state index is 14.1. The molecule has 33 heavy (non-hydrogen) atoms. The fourth-order valence-corrected chi connectivity index (χ4v) is 5.44. The highest BCUT2D eigenvalue weighted by Crippen LogP contribution is 2.41. The van der Waals surface area contributed by atoms with E-state index in [-0.39, 0.29) is 30.6 Å². The molecule has 2 saturated heterocycles. The summed E-state index contributed by atoms with van der Waals surface area (Å²) in [5.74, 6) is -0.278. The quantitative estimate of drug-likeness (QED) is 0.662. The smallest absolute Gasteiger partial charge is 0.408 e. The molecule has 0 bridgehead atoms. The first-order valence-electron chi connectivity index (χ1n) is 11.2. The second kappa shape index (κ2) is 9.65. The normalized spacial score (nSPS) is 23.5. The molecule has 2 aromatic rings. The topological polar surface area (TPSA) is 85.8 Å². The van der Waals surface area contributed by atoms with Crippen LogP contribution in [0.5, 0.6) is 0 Å². The Labute approximate surface area is 197 Å². The van der Waals surface area contributed by atoms with Crippen LogP contribution in [0.25, 0.3) is 0 Å². The number of carbonyl (C=O) groups excluding carboxylic acids is 1. The van der Waals surface area contributed by atoms with E-state index in [1.807, 2.05) is 6.07 Å². The number of carbonyl (C=O) groups is 2. The van der Waals surface area contributed by atoms with Gasteiger partial charge in [-0.2, -0.15) is 0 Å². The average Bonchev–Trinajstić information content (AvgIpc) is 3.25. The summed E-state index contributed by atoms with van der Waals surface area (Å²) in [5.41, 5.74) is -0.471. The number of hydrogen-bond acceptors (Lipinski definition) is 5. The Morgan fingerprint density at radius 2 is 1.94 bits per heavy atom. The summed E-state index contributed by atoms with van der Waals surface area (Å²) in [5, 5.41) is 13.8. The van der Waals surface area contributed by atoms with Gasteiger partial charge in [0.25, 0.3) is 0 Å². The number of rotatable bonds is 6. The maximum Gasteiger partial charge on any atom is 0.408 e. The first kappa shape index (κ1) is 23.4. The molecule has 1 aromatic carbocycles. The lowest BCUT2D eigenvalue weighted by molar-refractivity contribution is -0.135. The first-order chi connectivity index (χ1) is 15.9. The Balaban J connectivity index is 1.61. The van der Waals surface area contributed by atoms with E-state index < -0.39 is 17.6 Å². The van der Waals surface area contributed by atoms with Crippen LogP contribution < -0.4 is 10.2 Å². The summed E-state index contributed by atoms with van der Waals surface area (Å²) in [4.78, 5) is 34.1. The molecule has 2 aliphatic heterocycles. The lowest BCUT2D eigenvalue weighted by atomic mass is 9.71. The number of Topliss-reactive ketones (excluding diaryl/α,β-unsaturated/α-hetero) is 1. The van der Waals surface area contributed by atoms with Crippen molar-refractivity contribution in [3.05, 3.63) is 59.0 Å². The van der Waals surface area contributed by atoms with Crippen molar-refractivity contribution in [3.63, 3.8) is 0 Å². The standard InChI is InChI=1S/C24H28ClFN4O3/c1-2-30(23(32)33)24(15-27-14-20(24)16-3-6-19(26)7-4-16)22(31)17-9-11-29(12-10-17)21-8-5-18(25)13-28-21/h3-8,13,17,20,27H,2,9-12,14-15H2,1H3,(H,32,33)/t20-,24+/m0/s1.